The van der Waals surface area contributed by atoms with Crippen LogP contribution in [0.25, 0.3) is 0 Å². The van der Waals surface area contributed by atoms with Gasteiger partial charge in [-0.2, -0.15) is 0 Å². The van der Waals surface area contributed by atoms with Gasteiger partial charge < -0.3 is 29.7 Å². The van der Waals surface area contributed by atoms with Crippen molar-refractivity contribution in [3.8, 4) is 17.2 Å². The SMILES string of the molecule is COc1cc(OC)c(C(=O)N[C@H](CO)C(=O)O)cc1OC. The first-order valence-electron chi connectivity index (χ1n) is 5.93. The third-order valence-corrected chi connectivity index (χ3v) is 2.74. The molecule has 0 unspecified atom stereocenters. The molecule has 1 amide bonds. The van der Waals surface area contributed by atoms with Crippen LogP contribution in [0.15, 0.2) is 12.1 Å². The normalized spacial score (nSPS) is 11.4. The van der Waals surface area contributed by atoms with Gasteiger partial charge in [-0.25, -0.2) is 4.79 Å². The number of aliphatic hydroxyl groups excluding tert-OH is 1. The predicted molar refractivity (Wildman–Crippen MR) is 72.1 cm³/mol. The van der Waals surface area contributed by atoms with Crippen LogP contribution in [0.5, 0.6) is 17.2 Å². The van der Waals surface area contributed by atoms with Crippen molar-refractivity contribution in [2.45, 2.75) is 6.04 Å². The Kier molecular flexibility index (Phi) is 5.79. The van der Waals surface area contributed by atoms with E-state index in [4.69, 9.17) is 24.4 Å². The average Bonchev–Trinajstić information content (AvgIpc) is 2.50. The largest absolute Gasteiger partial charge is 0.496 e. The summed E-state index contributed by atoms with van der Waals surface area (Å²) in [6.07, 6.45) is 0. The number of carboxylic acid groups (broad SMARTS) is 1. The highest BCUT2D eigenvalue weighted by Gasteiger charge is 2.23. The highest BCUT2D eigenvalue weighted by atomic mass is 16.5. The molecule has 1 aromatic carbocycles. The summed E-state index contributed by atoms with van der Waals surface area (Å²) >= 11 is 0. The number of carboxylic acids is 1. The maximum absolute atomic E-state index is 12.1. The van der Waals surface area contributed by atoms with Gasteiger partial charge in [0.15, 0.2) is 17.5 Å². The highest BCUT2D eigenvalue weighted by Crippen LogP contribution is 2.34. The second kappa shape index (κ2) is 7.34. The standard InChI is InChI=1S/C13H17NO7/c1-19-9-5-11(21-3)10(20-2)4-7(9)12(16)14-8(6-15)13(17)18/h4-5,8,15H,6H2,1-3H3,(H,14,16)(H,17,18)/t8-/m1/s1. The van der Waals surface area contributed by atoms with Gasteiger partial charge in [0.05, 0.1) is 33.5 Å². The lowest BCUT2D eigenvalue weighted by molar-refractivity contribution is -0.140. The van der Waals surface area contributed by atoms with E-state index in [0.29, 0.717) is 11.5 Å². The highest BCUT2D eigenvalue weighted by molar-refractivity contribution is 5.99. The maximum Gasteiger partial charge on any atom is 0.328 e. The third-order valence-electron chi connectivity index (χ3n) is 2.74. The van der Waals surface area contributed by atoms with Crippen LogP contribution in [-0.2, 0) is 4.79 Å². The zero-order valence-electron chi connectivity index (χ0n) is 11.9. The number of ether oxygens (including phenoxy) is 3. The van der Waals surface area contributed by atoms with Gasteiger partial charge in [-0.15, -0.1) is 0 Å². The monoisotopic (exact) mass is 299 g/mol. The quantitative estimate of drug-likeness (QED) is 0.643. The molecule has 8 nitrogen and oxygen atoms in total. The maximum atomic E-state index is 12.1. The van der Waals surface area contributed by atoms with Crippen molar-refractivity contribution in [2.24, 2.45) is 0 Å². The zero-order chi connectivity index (χ0) is 16.0. The number of benzene rings is 1. The van der Waals surface area contributed by atoms with Gasteiger partial charge >= 0.3 is 5.97 Å². The van der Waals surface area contributed by atoms with Crippen LogP contribution >= 0.6 is 0 Å². The van der Waals surface area contributed by atoms with Crippen molar-refractivity contribution >= 4 is 11.9 Å². The smallest absolute Gasteiger partial charge is 0.328 e. The molecule has 21 heavy (non-hydrogen) atoms. The molecule has 1 atom stereocenters. The Morgan fingerprint density at radius 3 is 2.05 bits per heavy atom. The molecule has 1 aromatic rings. The number of amides is 1. The molecule has 0 spiro atoms. The molecule has 0 bridgehead atoms. The molecular weight excluding hydrogens is 282 g/mol. The van der Waals surface area contributed by atoms with E-state index in [1.54, 1.807) is 0 Å². The molecule has 0 fully saturated rings. The molecule has 116 valence electrons. The van der Waals surface area contributed by atoms with Crippen molar-refractivity contribution in [2.75, 3.05) is 27.9 Å². The van der Waals surface area contributed by atoms with Crippen molar-refractivity contribution in [3.63, 3.8) is 0 Å². The first kappa shape index (κ1) is 16.6. The molecule has 0 aliphatic rings. The molecule has 0 saturated carbocycles. The van der Waals surface area contributed by atoms with Crippen LogP contribution in [-0.4, -0.2) is 56.1 Å². The van der Waals surface area contributed by atoms with Crippen LogP contribution in [0, 0.1) is 0 Å². The molecule has 8 heteroatoms. The van der Waals surface area contributed by atoms with Gasteiger partial charge in [0.1, 0.15) is 5.75 Å². The first-order chi connectivity index (χ1) is 9.98. The van der Waals surface area contributed by atoms with Crippen molar-refractivity contribution in [3.05, 3.63) is 17.7 Å². The van der Waals surface area contributed by atoms with E-state index in [0.717, 1.165) is 0 Å². The molecule has 3 N–H and O–H groups in total. The van der Waals surface area contributed by atoms with Crippen LogP contribution in [0.1, 0.15) is 10.4 Å². The molecule has 0 aliphatic carbocycles. The number of aliphatic carboxylic acids is 1. The number of methoxy groups -OCH3 is 3. The Hall–Kier alpha value is -2.48. The number of hydrogen-bond acceptors (Lipinski definition) is 6. The minimum atomic E-state index is -1.41. The number of nitrogens with one attached hydrogen (secondary N) is 1. The van der Waals surface area contributed by atoms with E-state index in [2.05, 4.69) is 5.32 Å². The van der Waals surface area contributed by atoms with Crippen molar-refractivity contribution < 1.29 is 34.0 Å². The van der Waals surface area contributed by atoms with E-state index < -0.39 is 24.5 Å². The summed E-state index contributed by atoms with van der Waals surface area (Å²) in [6.45, 7) is -0.726. The Morgan fingerprint density at radius 2 is 1.62 bits per heavy atom. The van der Waals surface area contributed by atoms with Crippen LogP contribution in [0.2, 0.25) is 0 Å². The number of carbonyl (C=O) groups excluding carboxylic acids is 1. The minimum absolute atomic E-state index is 0.0647. The summed E-state index contributed by atoms with van der Waals surface area (Å²) in [5.74, 6) is -1.21. The molecular formula is C13H17NO7. The van der Waals surface area contributed by atoms with Crippen LogP contribution in [0.4, 0.5) is 0 Å². The summed E-state index contributed by atoms with van der Waals surface area (Å²) in [5, 5.41) is 19.9. The second-order valence-corrected chi connectivity index (χ2v) is 3.95. The number of carbonyl (C=O) groups is 2. The molecule has 1 rings (SSSR count). The average molecular weight is 299 g/mol. The van der Waals surface area contributed by atoms with E-state index in [9.17, 15) is 9.59 Å². The molecule has 0 aromatic heterocycles. The third kappa shape index (κ3) is 3.76. The molecule has 0 heterocycles. The van der Waals surface area contributed by atoms with Gasteiger partial charge in [-0.05, 0) is 0 Å². The number of hydrogen-bond donors (Lipinski definition) is 3. The molecule has 0 saturated heterocycles. The first-order valence-corrected chi connectivity index (χ1v) is 5.93. The summed E-state index contributed by atoms with van der Waals surface area (Å²) in [6, 6.07) is 1.40. The number of rotatable bonds is 7. The second-order valence-electron chi connectivity index (χ2n) is 3.95. The Bertz CT molecular complexity index is 529. The Balaban J connectivity index is 3.16. The lowest BCUT2D eigenvalue weighted by atomic mass is 10.1. The lowest BCUT2D eigenvalue weighted by Gasteiger charge is -2.16. The van der Waals surface area contributed by atoms with Gasteiger partial charge in [0, 0.05) is 12.1 Å². The van der Waals surface area contributed by atoms with Gasteiger partial charge in [0.2, 0.25) is 0 Å². The van der Waals surface area contributed by atoms with E-state index in [1.165, 1.54) is 33.5 Å². The fourth-order valence-electron chi connectivity index (χ4n) is 1.63. The van der Waals surface area contributed by atoms with Gasteiger partial charge in [-0.1, -0.05) is 0 Å². The van der Waals surface area contributed by atoms with Crippen molar-refractivity contribution in [1.29, 1.82) is 0 Å². The summed E-state index contributed by atoms with van der Waals surface area (Å²) in [4.78, 5) is 22.9. The minimum Gasteiger partial charge on any atom is -0.496 e. The van der Waals surface area contributed by atoms with Gasteiger partial charge in [0.25, 0.3) is 5.91 Å². The molecule has 0 aliphatic heterocycles. The van der Waals surface area contributed by atoms with E-state index in [-0.39, 0.29) is 11.3 Å². The van der Waals surface area contributed by atoms with E-state index >= 15 is 0 Å². The van der Waals surface area contributed by atoms with Crippen LogP contribution in [0.3, 0.4) is 0 Å². The van der Waals surface area contributed by atoms with Gasteiger partial charge in [-0.3, -0.25) is 4.79 Å². The van der Waals surface area contributed by atoms with E-state index in [1.807, 2.05) is 0 Å². The summed E-state index contributed by atoms with van der Waals surface area (Å²) in [5.41, 5.74) is 0.0647. The fourth-order valence-corrected chi connectivity index (χ4v) is 1.63. The topological polar surface area (TPSA) is 114 Å². The zero-order valence-corrected chi connectivity index (χ0v) is 11.9. The fraction of sp³-hybridized carbons (Fsp3) is 0.385. The summed E-state index contributed by atoms with van der Waals surface area (Å²) < 4.78 is 15.2. The summed E-state index contributed by atoms with van der Waals surface area (Å²) in [7, 11) is 4.20. The molecule has 0 radical (unpaired) electrons. The Labute approximate surface area is 121 Å². The van der Waals surface area contributed by atoms with Crippen molar-refractivity contribution in [1.82, 2.24) is 5.32 Å². The van der Waals surface area contributed by atoms with Crippen LogP contribution < -0.4 is 19.5 Å². The lowest BCUT2D eigenvalue weighted by Crippen LogP contribution is -2.43. The predicted octanol–water partition coefficient (Wildman–Crippen LogP) is -0.112. The Morgan fingerprint density at radius 1 is 1.10 bits per heavy atom. The number of aliphatic hydroxyl groups is 1.